The monoisotopic (exact) mass is 292 g/mol. The predicted molar refractivity (Wildman–Crippen MR) is 83.7 cm³/mol. The van der Waals surface area contributed by atoms with Crippen LogP contribution in [0.25, 0.3) is 10.2 Å². The van der Waals surface area contributed by atoms with Gasteiger partial charge in [0.05, 0.1) is 5.39 Å². The highest BCUT2D eigenvalue weighted by Gasteiger charge is 2.28. The van der Waals surface area contributed by atoms with Crippen LogP contribution in [0, 0.1) is 0 Å². The Labute approximate surface area is 122 Å². The first-order valence-electron chi connectivity index (χ1n) is 7.05. The maximum atomic E-state index is 5.45. The smallest absolute Gasteiger partial charge is 0.226 e. The molecular weight excluding hydrogens is 272 g/mol. The fourth-order valence-electron chi connectivity index (χ4n) is 2.42. The molecule has 3 heterocycles. The van der Waals surface area contributed by atoms with Gasteiger partial charge in [-0.3, -0.25) is 0 Å². The van der Waals surface area contributed by atoms with Crippen molar-refractivity contribution in [1.29, 1.82) is 0 Å². The molecule has 0 aromatic carbocycles. The third-order valence-electron chi connectivity index (χ3n) is 3.68. The molecule has 2 aromatic heterocycles. The van der Waals surface area contributed by atoms with Crippen molar-refractivity contribution in [1.82, 2.24) is 9.97 Å². The molecule has 1 aliphatic heterocycles. The average molecular weight is 292 g/mol. The highest BCUT2D eigenvalue weighted by Crippen LogP contribution is 2.31. The summed E-state index contributed by atoms with van der Waals surface area (Å²) in [6.45, 7) is 6.72. The molecule has 3 rings (SSSR count). The van der Waals surface area contributed by atoms with E-state index in [2.05, 4.69) is 45.9 Å². The van der Waals surface area contributed by atoms with Crippen LogP contribution in [0.2, 0.25) is 0 Å². The first-order chi connectivity index (χ1) is 9.70. The fraction of sp³-hybridized carbons (Fsp3) is 0.571. The van der Waals surface area contributed by atoms with E-state index in [1.54, 1.807) is 11.3 Å². The zero-order valence-corrected chi connectivity index (χ0v) is 12.7. The van der Waals surface area contributed by atoms with Gasteiger partial charge in [0, 0.05) is 25.3 Å². The van der Waals surface area contributed by atoms with E-state index in [9.17, 15) is 0 Å². The molecule has 20 heavy (non-hydrogen) atoms. The van der Waals surface area contributed by atoms with Crippen molar-refractivity contribution in [3.8, 4) is 0 Å². The van der Waals surface area contributed by atoms with Gasteiger partial charge in [-0.05, 0) is 38.1 Å². The third-order valence-corrected chi connectivity index (χ3v) is 4.48. The first-order valence-corrected chi connectivity index (χ1v) is 7.93. The second-order valence-electron chi connectivity index (χ2n) is 5.36. The number of hydrogen-bond acceptors (Lipinski definition) is 6. The molecule has 1 fully saturated rings. The van der Waals surface area contributed by atoms with Gasteiger partial charge in [-0.15, -0.1) is 11.3 Å². The van der Waals surface area contributed by atoms with Crippen LogP contribution >= 0.6 is 11.3 Å². The molecule has 0 radical (unpaired) electrons. The van der Waals surface area contributed by atoms with Gasteiger partial charge in [0.1, 0.15) is 10.6 Å². The Balaban J connectivity index is 1.94. The van der Waals surface area contributed by atoms with Crippen LogP contribution in [0.1, 0.15) is 26.7 Å². The van der Waals surface area contributed by atoms with E-state index in [1.807, 2.05) is 0 Å². The lowest BCUT2D eigenvalue weighted by molar-refractivity contribution is 0.0657. The molecule has 0 unspecified atom stereocenters. The van der Waals surface area contributed by atoms with Crippen LogP contribution in [0.4, 0.5) is 11.8 Å². The maximum Gasteiger partial charge on any atom is 0.226 e. The number of aromatic nitrogens is 2. The zero-order chi connectivity index (χ0) is 14.0. The summed E-state index contributed by atoms with van der Waals surface area (Å²) < 4.78 is 5.45. The summed E-state index contributed by atoms with van der Waals surface area (Å²) in [6.07, 6.45) is 2.00. The van der Waals surface area contributed by atoms with Gasteiger partial charge in [0.15, 0.2) is 0 Å². The molecule has 0 aliphatic carbocycles. The van der Waals surface area contributed by atoms with Crippen molar-refractivity contribution in [3.05, 3.63) is 11.4 Å². The van der Waals surface area contributed by atoms with Gasteiger partial charge < -0.3 is 15.4 Å². The van der Waals surface area contributed by atoms with E-state index in [4.69, 9.17) is 4.74 Å². The standard InChI is InChI=1S/C14H20N4OS/c1-3-15-13-16-11(10-4-9-20-12(10)17-13)18-14(2)5-7-19-8-6-14/h4,9H,3,5-8H2,1-2H3,(H2,15,16,17,18). The number of fused-ring (bicyclic) bond motifs is 1. The molecule has 0 atom stereocenters. The molecule has 0 spiro atoms. The molecule has 0 bridgehead atoms. The minimum Gasteiger partial charge on any atom is -0.381 e. The normalized spacial score (nSPS) is 18.1. The Hall–Kier alpha value is -1.40. The summed E-state index contributed by atoms with van der Waals surface area (Å²) in [7, 11) is 0. The summed E-state index contributed by atoms with van der Waals surface area (Å²) in [6, 6.07) is 2.08. The van der Waals surface area contributed by atoms with Gasteiger partial charge in [-0.2, -0.15) is 4.98 Å². The van der Waals surface area contributed by atoms with Crippen LogP contribution in [0.3, 0.4) is 0 Å². The lowest BCUT2D eigenvalue weighted by atomic mass is 9.92. The minimum absolute atomic E-state index is 0.0466. The highest BCUT2D eigenvalue weighted by atomic mass is 32.1. The van der Waals surface area contributed by atoms with Crippen molar-refractivity contribution in [3.63, 3.8) is 0 Å². The van der Waals surface area contributed by atoms with Gasteiger partial charge in [0.2, 0.25) is 5.95 Å². The van der Waals surface area contributed by atoms with E-state index in [1.165, 1.54) is 0 Å². The van der Waals surface area contributed by atoms with Crippen LogP contribution in [-0.2, 0) is 4.74 Å². The number of ether oxygens (including phenoxy) is 1. The molecule has 2 N–H and O–H groups in total. The Bertz CT molecular complexity index is 592. The topological polar surface area (TPSA) is 59.1 Å². The number of anilines is 2. The molecule has 1 aliphatic rings. The molecule has 2 aromatic rings. The van der Waals surface area contributed by atoms with Crippen molar-refractivity contribution >= 4 is 33.3 Å². The molecule has 108 valence electrons. The molecule has 0 amide bonds. The summed E-state index contributed by atoms with van der Waals surface area (Å²) in [5.41, 5.74) is 0.0466. The summed E-state index contributed by atoms with van der Waals surface area (Å²) in [5.74, 6) is 1.62. The van der Waals surface area contributed by atoms with Crippen molar-refractivity contribution in [2.24, 2.45) is 0 Å². The van der Waals surface area contributed by atoms with Crippen molar-refractivity contribution in [2.45, 2.75) is 32.2 Å². The largest absolute Gasteiger partial charge is 0.381 e. The van der Waals surface area contributed by atoms with E-state index in [0.717, 1.165) is 48.6 Å². The Morgan fingerprint density at radius 1 is 1.35 bits per heavy atom. The van der Waals surface area contributed by atoms with E-state index >= 15 is 0 Å². The summed E-state index contributed by atoms with van der Waals surface area (Å²) >= 11 is 1.65. The zero-order valence-electron chi connectivity index (χ0n) is 11.9. The predicted octanol–water partition coefficient (Wildman–Crippen LogP) is 3.10. The van der Waals surface area contributed by atoms with E-state index in [0.29, 0.717) is 5.95 Å². The van der Waals surface area contributed by atoms with Crippen molar-refractivity contribution in [2.75, 3.05) is 30.4 Å². The quantitative estimate of drug-likeness (QED) is 0.907. The van der Waals surface area contributed by atoms with Crippen molar-refractivity contribution < 1.29 is 4.74 Å². The molecular formula is C14H20N4OS. The number of nitrogens with zero attached hydrogens (tertiary/aromatic N) is 2. The SMILES string of the molecule is CCNc1nc(NC2(C)CCOCC2)c2ccsc2n1. The average Bonchev–Trinajstić information content (AvgIpc) is 2.88. The lowest BCUT2D eigenvalue weighted by Crippen LogP contribution is -2.41. The van der Waals surface area contributed by atoms with E-state index < -0.39 is 0 Å². The number of thiophene rings is 1. The summed E-state index contributed by atoms with van der Waals surface area (Å²) in [4.78, 5) is 10.2. The van der Waals surface area contributed by atoms with Crippen LogP contribution in [-0.4, -0.2) is 35.3 Å². The van der Waals surface area contributed by atoms with Crippen LogP contribution < -0.4 is 10.6 Å². The summed E-state index contributed by atoms with van der Waals surface area (Å²) in [5, 5.41) is 9.98. The van der Waals surface area contributed by atoms with Crippen LogP contribution in [0.5, 0.6) is 0 Å². The second-order valence-corrected chi connectivity index (χ2v) is 6.26. The van der Waals surface area contributed by atoms with Gasteiger partial charge in [0.25, 0.3) is 0 Å². The Kier molecular flexibility index (Phi) is 3.76. The second kappa shape index (κ2) is 5.54. The molecule has 0 saturated carbocycles. The lowest BCUT2D eigenvalue weighted by Gasteiger charge is -2.35. The van der Waals surface area contributed by atoms with Crippen LogP contribution in [0.15, 0.2) is 11.4 Å². The van der Waals surface area contributed by atoms with Gasteiger partial charge in [-0.1, -0.05) is 0 Å². The van der Waals surface area contributed by atoms with Gasteiger partial charge >= 0.3 is 0 Å². The molecule has 6 heteroatoms. The Morgan fingerprint density at radius 2 is 2.15 bits per heavy atom. The Morgan fingerprint density at radius 3 is 2.90 bits per heavy atom. The number of hydrogen-bond donors (Lipinski definition) is 2. The molecule has 5 nitrogen and oxygen atoms in total. The fourth-order valence-corrected chi connectivity index (χ4v) is 3.18. The highest BCUT2D eigenvalue weighted by molar-refractivity contribution is 7.16. The third kappa shape index (κ3) is 2.71. The van der Waals surface area contributed by atoms with E-state index in [-0.39, 0.29) is 5.54 Å². The number of nitrogens with one attached hydrogen (secondary N) is 2. The number of rotatable bonds is 4. The minimum atomic E-state index is 0.0466. The van der Waals surface area contributed by atoms with Gasteiger partial charge in [-0.25, -0.2) is 4.98 Å². The maximum absolute atomic E-state index is 5.45. The first kappa shape index (κ1) is 13.6. The molecule has 1 saturated heterocycles.